The van der Waals surface area contributed by atoms with E-state index in [1.165, 1.54) is 18.4 Å². The van der Waals surface area contributed by atoms with E-state index in [2.05, 4.69) is 28.6 Å². The minimum Gasteiger partial charge on any atom is -0.484 e. The number of hydrogen-bond donors (Lipinski definition) is 0. The van der Waals surface area contributed by atoms with Gasteiger partial charge in [-0.2, -0.15) is 0 Å². The number of imidazole rings is 1. The van der Waals surface area contributed by atoms with E-state index in [0.29, 0.717) is 38.0 Å². The first-order valence-electron chi connectivity index (χ1n) is 10.7. The molecular formula is C23H26N4O3. The van der Waals surface area contributed by atoms with Crippen LogP contribution in [0.4, 0.5) is 0 Å². The molecule has 1 saturated heterocycles. The fourth-order valence-electron chi connectivity index (χ4n) is 4.02. The molecule has 0 radical (unpaired) electrons. The third kappa shape index (κ3) is 3.77. The standard InChI is InChI=1S/C23H26N4O3/c1-2-26-8-7-24-23(26)21-14-19(16-3-4-16)18-6-5-17(13-20(18)25-21)30-15-22(28)27-9-11-29-12-10-27/h5-8,13-14,16H,2-4,9-12,15H2,1H3. The highest BCUT2D eigenvalue weighted by Crippen LogP contribution is 2.44. The predicted octanol–water partition coefficient (Wildman–Crippen LogP) is 3.23. The van der Waals surface area contributed by atoms with Gasteiger partial charge >= 0.3 is 0 Å². The van der Waals surface area contributed by atoms with Gasteiger partial charge in [-0.05, 0) is 49.4 Å². The fourth-order valence-corrected chi connectivity index (χ4v) is 4.02. The number of aryl methyl sites for hydroxylation is 1. The van der Waals surface area contributed by atoms with Crippen molar-refractivity contribution in [1.29, 1.82) is 0 Å². The Bertz CT molecular complexity index is 1070. The van der Waals surface area contributed by atoms with E-state index in [0.717, 1.165) is 29.0 Å². The zero-order chi connectivity index (χ0) is 20.5. The molecule has 2 aromatic heterocycles. The summed E-state index contributed by atoms with van der Waals surface area (Å²) in [6, 6.07) is 8.14. The zero-order valence-electron chi connectivity index (χ0n) is 17.2. The molecule has 1 saturated carbocycles. The van der Waals surface area contributed by atoms with Crippen LogP contribution in [0.25, 0.3) is 22.4 Å². The Morgan fingerprint density at radius 1 is 1.23 bits per heavy atom. The van der Waals surface area contributed by atoms with Crippen LogP contribution in [0.5, 0.6) is 5.75 Å². The molecule has 5 rings (SSSR count). The van der Waals surface area contributed by atoms with Gasteiger partial charge in [0.25, 0.3) is 5.91 Å². The lowest BCUT2D eigenvalue weighted by Crippen LogP contribution is -2.42. The summed E-state index contributed by atoms with van der Waals surface area (Å²) in [6.07, 6.45) is 6.23. The van der Waals surface area contributed by atoms with Crippen molar-refractivity contribution in [2.75, 3.05) is 32.9 Å². The van der Waals surface area contributed by atoms with Gasteiger partial charge in [0.1, 0.15) is 11.4 Å². The average Bonchev–Trinajstić information content (AvgIpc) is 3.53. The van der Waals surface area contributed by atoms with Crippen molar-refractivity contribution in [1.82, 2.24) is 19.4 Å². The molecule has 1 aliphatic heterocycles. The molecule has 0 bridgehead atoms. The smallest absolute Gasteiger partial charge is 0.260 e. The molecule has 3 heterocycles. The molecule has 1 amide bonds. The summed E-state index contributed by atoms with van der Waals surface area (Å²) in [4.78, 5) is 23.6. The number of hydrogen-bond acceptors (Lipinski definition) is 5. The molecule has 7 heteroatoms. The predicted molar refractivity (Wildman–Crippen MR) is 114 cm³/mol. The summed E-state index contributed by atoms with van der Waals surface area (Å²) in [5.74, 6) is 2.13. The molecule has 1 aliphatic carbocycles. The van der Waals surface area contributed by atoms with Gasteiger partial charge in [-0.25, -0.2) is 9.97 Å². The number of carbonyl (C=O) groups is 1. The van der Waals surface area contributed by atoms with Crippen molar-refractivity contribution in [3.63, 3.8) is 0 Å². The van der Waals surface area contributed by atoms with E-state index in [-0.39, 0.29) is 12.5 Å². The van der Waals surface area contributed by atoms with E-state index in [1.54, 1.807) is 4.90 Å². The Kier molecular flexibility index (Phi) is 5.12. The quantitative estimate of drug-likeness (QED) is 0.629. The van der Waals surface area contributed by atoms with E-state index in [4.69, 9.17) is 14.5 Å². The molecule has 2 fully saturated rings. The van der Waals surface area contributed by atoms with Crippen LogP contribution >= 0.6 is 0 Å². The van der Waals surface area contributed by atoms with Gasteiger partial charge in [-0.15, -0.1) is 0 Å². The number of amides is 1. The van der Waals surface area contributed by atoms with Gasteiger partial charge in [-0.1, -0.05) is 0 Å². The van der Waals surface area contributed by atoms with Crippen molar-refractivity contribution in [3.05, 3.63) is 42.2 Å². The lowest BCUT2D eigenvalue weighted by Gasteiger charge is -2.26. The highest BCUT2D eigenvalue weighted by molar-refractivity contribution is 5.87. The van der Waals surface area contributed by atoms with E-state index in [1.807, 2.05) is 24.5 Å². The van der Waals surface area contributed by atoms with Crippen molar-refractivity contribution in [2.45, 2.75) is 32.2 Å². The SMILES string of the molecule is CCn1ccnc1-c1cc(C2CC2)c2ccc(OCC(=O)N3CCOCC3)cc2n1. The van der Waals surface area contributed by atoms with Crippen LogP contribution in [-0.2, 0) is 16.1 Å². The number of aromatic nitrogens is 3. The topological polar surface area (TPSA) is 69.5 Å². The third-order valence-corrected chi connectivity index (χ3v) is 5.84. The number of pyridine rings is 1. The second kappa shape index (κ2) is 8.07. The van der Waals surface area contributed by atoms with Crippen LogP contribution in [0, 0.1) is 0 Å². The number of rotatable bonds is 6. The largest absolute Gasteiger partial charge is 0.484 e. The van der Waals surface area contributed by atoms with Gasteiger partial charge in [0.2, 0.25) is 0 Å². The van der Waals surface area contributed by atoms with Crippen molar-refractivity contribution in [3.8, 4) is 17.3 Å². The first-order chi connectivity index (χ1) is 14.7. The van der Waals surface area contributed by atoms with Crippen LogP contribution in [0.15, 0.2) is 36.7 Å². The fraction of sp³-hybridized carbons (Fsp3) is 0.435. The molecule has 7 nitrogen and oxygen atoms in total. The molecule has 0 unspecified atom stereocenters. The number of benzene rings is 1. The molecule has 3 aromatic rings. The maximum absolute atomic E-state index is 12.4. The van der Waals surface area contributed by atoms with Crippen molar-refractivity contribution >= 4 is 16.8 Å². The number of carbonyl (C=O) groups excluding carboxylic acids is 1. The molecular weight excluding hydrogens is 380 g/mol. The minimum absolute atomic E-state index is 0.0104. The first kappa shape index (κ1) is 19.1. The van der Waals surface area contributed by atoms with Crippen molar-refractivity contribution < 1.29 is 14.3 Å². The van der Waals surface area contributed by atoms with Gasteiger partial charge in [-0.3, -0.25) is 4.79 Å². The molecule has 156 valence electrons. The van der Waals surface area contributed by atoms with Crippen LogP contribution in [0.2, 0.25) is 0 Å². The lowest BCUT2D eigenvalue weighted by atomic mass is 10.0. The third-order valence-electron chi connectivity index (χ3n) is 5.84. The monoisotopic (exact) mass is 406 g/mol. The van der Waals surface area contributed by atoms with E-state index >= 15 is 0 Å². The zero-order valence-corrected chi connectivity index (χ0v) is 17.2. The Morgan fingerprint density at radius 3 is 2.83 bits per heavy atom. The van der Waals surface area contributed by atoms with Crippen molar-refractivity contribution in [2.24, 2.45) is 0 Å². The highest BCUT2D eigenvalue weighted by atomic mass is 16.5. The van der Waals surface area contributed by atoms with Crippen LogP contribution in [0.3, 0.4) is 0 Å². The lowest BCUT2D eigenvalue weighted by molar-refractivity contribution is -0.137. The van der Waals surface area contributed by atoms with E-state index < -0.39 is 0 Å². The van der Waals surface area contributed by atoms with E-state index in [9.17, 15) is 4.79 Å². The summed E-state index contributed by atoms with van der Waals surface area (Å²) in [5.41, 5.74) is 3.10. The molecule has 0 spiro atoms. The summed E-state index contributed by atoms with van der Waals surface area (Å²) >= 11 is 0. The Labute approximate surface area is 175 Å². The maximum atomic E-state index is 12.4. The highest BCUT2D eigenvalue weighted by Gasteiger charge is 2.27. The van der Waals surface area contributed by atoms with Gasteiger partial charge in [0, 0.05) is 43.5 Å². The van der Waals surface area contributed by atoms with Gasteiger partial charge < -0.3 is 18.9 Å². The van der Waals surface area contributed by atoms with Crippen LogP contribution in [0.1, 0.15) is 31.2 Å². The first-order valence-corrected chi connectivity index (χ1v) is 10.7. The number of ether oxygens (including phenoxy) is 2. The molecule has 0 atom stereocenters. The summed E-state index contributed by atoms with van der Waals surface area (Å²) in [5, 5.41) is 1.16. The molecule has 1 aromatic carbocycles. The summed E-state index contributed by atoms with van der Waals surface area (Å²) in [7, 11) is 0. The minimum atomic E-state index is -0.0104. The van der Waals surface area contributed by atoms with Crippen LogP contribution in [-0.4, -0.2) is 58.3 Å². The average molecular weight is 406 g/mol. The molecule has 2 aliphatic rings. The van der Waals surface area contributed by atoms with Crippen LogP contribution < -0.4 is 4.74 Å². The number of morpholine rings is 1. The summed E-state index contributed by atoms with van der Waals surface area (Å²) < 4.78 is 13.2. The maximum Gasteiger partial charge on any atom is 0.260 e. The molecule has 0 N–H and O–H groups in total. The number of fused-ring (bicyclic) bond motifs is 1. The number of nitrogens with zero attached hydrogens (tertiary/aromatic N) is 4. The molecule has 30 heavy (non-hydrogen) atoms. The second-order valence-electron chi connectivity index (χ2n) is 7.87. The Balaban J connectivity index is 1.43. The Morgan fingerprint density at radius 2 is 2.07 bits per heavy atom. The summed E-state index contributed by atoms with van der Waals surface area (Å²) in [6.45, 7) is 5.41. The van der Waals surface area contributed by atoms with Gasteiger partial charge in [0.15, 0.2) is 12.4 Å². The second-order valence-corrected chi connectivity index (χ2v) is 7.87. The Hall–Kier alpha value is -2.93. The van der Waals surface area contributed by atoms with Gasteiger partial charge in [0.05, 0.1) is 18.7 Å². The normalized spacial score (nSPS) is 16.8.